The minimum atomic E-state index is -0.466. The number of aryl methyl sites for hydroxylation is 2. The largest absolute Gasteiger partial charge is 0.468 e. The van der Waals surface area contributed by atoms with Gasteiger partial charge in [-0.2, -0.15) is 0 Å². The van der Waals surface area contributed by atoms with E-state index in [4.69, 9.17) is 10.7 Å². The molecule has 1 aliphatic heterocycles. The van der Waals surface area contributed by atoms with Crippen LogP contribution in [0.1, 0.15) is 56.2 Å². The van der Waals surface area contributed by atoms with Crippen LogP contribution in [-0.4, -0.2) is 30.6 Å². The van der Waals surface area contributed by atoms with Gasteiger partial charge >= 0.3 is 5.97 Å². The average Bonchev–Trinajstić information content (AvgIpc) is 2.59. The highest BCUT2D eigenvalue weighted by molar-refractivity contribution is 5.75. The fourth-order valence-electron chi connectivity index (χ4n) is 2.98. The standard InChI is InChI=1S/C18H29N3O2/c1-23-18(22)16(19)10-6-4-2-3-5-9-15-12-11-14-8-7-13-20-17(14)21-15/h11-12,16H,2-10,13,19H2,1H3,(H,20,21). The number of hydrogen-bond donors (Lipinski definition) is 2. The van der Waals surface area contributed by atoms with E-state index in [-0.39, 0.29) is 5.97 Å². The van der Waals surface area contributed by atoms with E-state index in [9.17, 15) is 4.79 Å². The summed E-state index contributed by atoms with van der Waals surface area (Å²) in [7, 11) is 1.38. The molecular weight excluding hydrogens is 290 g/mol. The Kier molecular flexibility index (Phi) is 7.33. The van der Waals surface area contributed by atoms with E-state index >= 15 is 0 Å². The lowest BCUT2D eigenvalue weighted by atomic mass is 10.0. The summed E-state index contributed by atoms with van der Waals surface area (Å²) >= 11 is 0. The third kappa shape index (κ3) is 5.82. The molecule has 1 unspecified atom stereocenters. The third-order valence-corrected chi connectivity index (χ3v) is 4.40. The highest BCUT2D eigenvalue weighted by Gasteiger charge is 2.12. The molecule has 0 aliphatic carbocycles. The number of nitrogens with zero attached hydrogens (tertiary/aromatic N) is 1. The van der Waals surface area contributed by atoms with Gasteiger partial charge in [0, 0.05) is 12.2 Å². The first-order valence-corrected chi connectivity index (χ1v) is 8.77. The molecule has 0 amide bonds. The molecule has 1 aromatic rings. The number of nitrogens with two attached hydrogens (primary N) is 1. The molecule has 0 spiro atoms. The molecule has 0 radical (unpaired) electrons. The number of aromatic nitrogens is 1. The first kappa shape index (κ1) is 17.7. The molecule has 3 N–H and O–H groups in total. The number of pyridine rings is 1. The molecule has 5 nitrogen and oxygen atoms in total. The van der Waals surface area contributed by atoms with Crippen LogP contribution in [0.15, 0.2) is 12.1 Å². The van der Waals surface area contributed by atoms with Crippen molar-refractivity contribution in [2.45, 2.75) is 63.8 Å². The van der Waals surface area contributed by atoms with Gasteiger partial charge in [-0.3, -0.25) is 4.79 Å². The summed E-state index contributed by atoms with van der Waals surface area (Å²) in [6.45, 7) is 1.04. The van der Waals surface area contributed by atoms with E-state index in [1.165, 1.54) is 37.6 Å². The fraction of sp³-hybridized carbons (Fsp3) is 0.667. The number of fused-ring (bicyclic) bond motifs is 1. The zero-order valence-electron chi connectivity index (χ0n) is 14.1. The SMILES string of the molecule is COC(=O)C(N)CCCCCCCc1ccc2c(n1)NCCC2. The molecule has 2 rings (SSSR count). The van der Waals surface area contributed by atoms with Crippen molar-refractivity contribution >= 4 is 11.8 Å². The molecule has 23 heavy (non-hydrogen) atoms. The summed E-state index contributed by atoms with van der Waals surface area (Å²) in [4.78, 5) is 15.9. The number of carbonyl (C=O) groups excluding carboxylic acids is 1. The van der Waals surface area contributed by atoms with Gasteiger partial charge in [0.1, 0.15) is 11.9 Å². The maximum atomic E-state index is 11.2. The topological polar surface area (TPSA) is 77.2 Å². The summed E-state index contributed by atoms with van der Waals surface area (Å²) in [5.41, 5.74) is 8.25. The first-order chi connectivity index (χ1) is 11.2. The third-order valence-electron chi connectivity index (χ3n) is 4.40. The van der Waals surface area contributed by atoms with Crippen LogP contribution in [0.25, 0.3) is 0 Å². The van der Waals surface area contributed by atoms with Crippen molar-refractivity contribution in [2.24, 2.45) is 5.73 Å². The average molecular weight is 319 g/mol. The molecule has 5 heteroatoms. The molecule has 1 aliphatic rings. The summed E-state index contributed by atoms with van der Waals surface area (Å²) < 4.78 is 4.62. The molecular formula is C18H29N3O2. The maximum Gasteiger partial charge on any atom is 0.322 e. The van der Waals surface area contributed by atoms with Crippen molar-refractivity contribution in [2.75, 3.05) is 19.0 Å². The summed E-state index contributed by atoms with van der Waals surface area (Å²) in [5.74, 6) is 0.780. The Morgan fingerprint density at radius 2 is 2.09 bits per heavy atom. The van der Waals surface area contributed by atoms with E-state index in [0.29, 0.717) is 6.42 Å². The molecule has 0 fully saturated rings. The summed E-state index contributed by atoms with van der Waals surface area (Å²) in [6, 6.07) is 3.92. The highest BCUT2D eigenvalue weighted by atomic mass is 16.5. The number of ether oxygens (including phenoxy) is 1. The maximum absolute atomic E-state index is 11.2. The Hall–Kier alpha value is -1.62. The number of hydrogen-bond acceptors (Lipinski definition) is 5. The van der Waals surface area contributed by atoms with Crippen molar-refractivity contribution in [1.29, 1.82) is 0 Å². The van der Waals surface area contributed by atoms with Crippen LogP contribution in [0.4, 0.5) is 5.82 Å². The zero-order chi connectivity index (χ0) is 16.5. The number of unbranched alkanes of at least 4 members (excludes halogenated alkanes) is 4. The smallest absolute Gasteiger partial charge is 0.322 e. The predicted molar refractivity (Wildman–Crippen MR) is 92.4 cm³/mol. The van der Waals surface area contributed by atoms with Gasteiger partial charge in [0.25, 0.3) is 0 Å². The number of methoxy groups -OCH3 is 1. The van der Waals surface area contributed by atoms with Crippen molar-refractivity contribution in [3.63, 3.8) is 0 Å². The van der Waals surface area contributed by atoms with Gasteiger partial charge in [-0.25, -0.2) is 4.98 Å². The molecule has 0 saturated carbocycles. The van der Waals surface area contributed by atoms with Crippen molar-refractivity contribution < 1.29 is 9.53 Å². The van der Waals surface area contributed by atoms with Crippen LogP contribution in [0.3, 0.4) is 0 Å². The quantitative estimate of drug-likeness (QED) is 0.540. The number of rotatable bonds is 9. The Labute approximate surface area is 139 Å². The van der Waals surface area contributed by atoms with Gasteiger partial charge in [-0.1, -0.05) is 31.7 Å². The van der Waals surface area contributed by atoms with Crippen LogP contribution in [-0.2, 0) is 22.4 Å². The van der Waals surface area contributed by atoms with Crippen LogP contribution in [0, 0.1) is 0 Å². The van der Waals surface area contributed by atoms with E-state index in [1.807, 2.05) is 0 Å². The number of esters is 1. The zero-order valence-corrected chi connectivity index (χ0v) is 14.1. The lowest BCUT2D eigenvalue weighted by molar-refractivity contribution is -0.142. The second-order valence-corrected chi connectivity index (χ2v) is 6.28. The van der Waals surface area contributed by atoms with Gasteiger partial charge in [-0.15, -0.1) is 0 Å². The minimum absolute atomic E-state index is 0.308. The molecule has 128 valence electrons. The second-order valence-electron chi connectivity index (χ2n) is 6.28. The molecule has 0 bridgehead atoms. The molecule has 2 heterocycles. The molecule has 0 aromatic carbocycles. The molecule has 1 atom stereocenters. The van der Waals surface area contributed by atoms with Gasteiger partial charge in [0.15, 0.2) is 0 Å². The number of anilines is 1. The predicted octanol–water partition coefficient (Wildman–Crippen LogP) is 2.82. The van der Waals surface area contributed by atoms with E-state index in [2.05, 4.69) is 22.2 Å². The lowest BCUT2D eigenvalue weighted by Gasteiger charge is -2.17. The Balaban J connectivity index is 1.56. The highest BCUT2D eigenvalue weighted by Crippen LogP contribution is 2.20. The van der Waals surface area contributed by atoms with E-state index in [0.717, 1.165) is 44.5 Å². The van der Waals surface area contributed by atoms with Crippen molar-refractivity contribution in [3.8, 4) is 0 Å². The van der Waals surface area contributed by atoms with Crippen molar-refractivity contribution in [1.82, 2.24) is 4.98 Å². The Morgan fingerprint density at radius 1 is 1.30 bits per heavy atom. The Bertz CT molecular complexity index is 505. The van der Waals surface area contributed by atoms with Crippen LogP contribution < -0.4 is 11.1 Å². The number of nitrogens with one attached hydrogen (secondary N) is 1. The van der Waals surface area contributed by atoms with Crippen LogP contribution >= 0.6 is 0 Å². The second kappa shape index (κ2) is 9.50. The van der Waals surface area contributed by atoms with Crippen LogP contribution in [0.5, 0.6) is 0 Å². The summed E-state index contributed by atoms with van der Waals surface area (Å²) in [6.07, 6.45) is 9.73. The fourth-order valence-corrected chi connectivity index (χ4v) is 2.98. The van der Waals surface area contributed by atoms with Gasteiger partial charge in [0.05, 0.1) is 7.11 Å². The monoisotopic (exact) mass is 319 g/mol. The lowest BCUT2D eigenvalue weighted by Crippen LogP contribution is -2.31. The van der Waals surface area contributed by atoms with Crippen LogP contribution in [0.2, 0.25) is 0 Å². The van der Waals surface area contributed by atoms with E-state index < -0.39 is 6.04 Å². The normalized spacial score (nSPS) is 14.7. The summed E-state index contributed by atoms with van der Waals surface area (Å²) in [5, 5.41) is 3.39. The Morgan fingerprint density at radius 3 is 2.91 bits per heavy atom. The van der Waals surface area contributed by atoms with Gasteiger partial charge < -0.3 is 15.8 Å². The first-order valence-electron chi connectivity index (χ1n) is 8.77. The van der Waals surface area contributed by atoms with Gasteiger partial charge in [-0.05, 0) is 43.7 Å². The molecule has 0 saturated heterocycles. The van der Waals surface area contributed by atoms with Gasteiger partial charge in [0.2, 0.25) is 0 Å². The van der Waals surface area contributed by atoms with E-state index in [1.54, 1.807) is 0 Å². The molecule has 1 aromatic heterocycles. The number of carbonyl (C=O) groups is 1. The minimum Gasteiger partial charge on any atom is -0.468 e. The van der Waals surface area contributed by atoms with Crippen molar-refractivity contribution in [3.05, 3.63) is 23.4 Å².